The molecule has 2 N–H and O–H groups in total. The highest BCUT2D eigenvalue weighted by molar-refractivity contribution is 5.79. The lowest BCUT2D eigenvalue weighted by atomic mass is 9.74. The summed E-state index contributed by atoms with van der Waals surface area (Å²) in [5.41, 5.74) is -1.91. The van der Waals surface area contributed by atoms with Crippen molar-refractivity contribution < 1.29 is 19.4 Å². The van der Waals surface area contributed by atoms with Gasteiger partial charge in [0.15, 0.2) is 0 Å². The zero-order valence-electron chi connectivity index (χ0n) is 13.0. The van der Waals surface area contributed by atoms with Crippen LogP contribution in [0.15, 0.2) is 0 Å². The maximum Gasteiger partial charge on any atom is 0.317 e. The highest BCUT2D eigenvalue weighted by Gasteiger charge is 2.45. The van der Waals surface area contributed by atoms with E-state index in [-0.39, 0.29) is 12.1 Å². The van der Waals surface area contributed by atoms with Crippen LogP contribution in [-0.4, -0.2) is 53.8 Å². The number of nitrogens with one attached hydrogen (secondary N) is 1. The second-order valence-corrected chi connectivity index (χ2v) is 6.44. The van der Waals surface area contributed by atoms with Gasteiger partial charge in [0, 0.05) is 26.3 Å². The normalized spacial score (nSPS) is 17.6. The van der Waals surface area contributed by atoms with Gasteiger partial charge in [0.2, 0.25) is 0 Å². The van der Waals surface area contributed by atoms with Crippen LogP contribution < -0.4 is 5.32 Å². The van der Waals surface area contributed by atoms with Gasteiger partial charge in [-0.3, -0.25) is 4.79 Å². The van der Waals surface area contributed by atoms with Crippen molar-refractivity contribution in [2.75, 3.05) is 20.3 Å². The molecule has 2 amide bonds. The number of aliphatic carboxylic acids is 1. The van der Waals surface area contributed by atoms with Crippen molar-refractivity contribution in [3.8, 4) is 0 Å². The first-order valence-corrected chi connectivity index (χ1v) is 6.95. The summed E-state index contributed by atoms with van der Waals surface area (Å²) >= 11 is 0. The Balaban J connectivity index is 2.71. The fraction of sp³-hybridized carbons (Fsp3) is 0.857. The summed E-state index contributed by atoms with van der Waals surface area (Å²) in [7, 11) is 1.75. The number of carbonyl (C=O) groups is 2. The van der Waals surface area contributed by atoms with Crippen LogP contribution in [-0.2, 0) is 9.53 Å². The van der Waals surface area contributed by atoms with Crippen LogP contribution in [0, 0.1) is 5.41 Å². The highest BCUT2D eigenvalue weighted by atomic mass is 16.5. The number of carboxylic acids is 1. The van der Waals surface area contributed by atoms with Gasteiger partial charge in [-0.15, -0.1) is 0 Å². The minimum absolute atomic E-state index is 0.146. The summed E-state index contributed by atoms with van der Waals surface area (Å²) in [6.45, 7) is 8.01. The van der Waals surface area contributed by atoms with E-state index in [0.29, 0.717) is 13.2 Å². The maximum absolute atomic E-state index is 12.3. The average molecular weight is 286 g/mol. The largest absolute Gasteiger partial charge is 0.481 e. The average Bonchev–Trinajstić information content (AvgIpc) is 2.37. The van der Waals surface area contributed by atoms with E-state index in [1.54, 1.807) is 39.6 Å². The van der Waals surface area contributed by atoms with Gasteiger partial charge in [-0.25, -0.2) is 4.79 Å². The van der Waals surface area contributed by atoms with Gasteiger partial charge < -0.3 is 20.1 Å². The minimum atomic E-state index is -1.06. The van der Waals surface area contributed by atoms with Crippen molar-refractivity contribution in [1.82, 2.24) is 10.2 Å². The molecule has 1 saturated heterocycles. The molecular weight excluding hydrogens is 260 g/mol. The number of hydrogen-bond donors (Lipinski definition) is 2. The van der Waals surface area contributed by atoms with Crippen LogP contribution in [0.1, 0.15) is 40.5 Å². The van der Waals surface area contributed by atoms with Gasteiger partial charge >= 0.3 is 12.0 Å². The van der Waals surface area contributed by atoms with Gasteiger partial charge in [0.05, 0.1) is 11.0 Å². The summed E-state index contributed by atoms with van der Waals surface area (Å²) in [6.07, 6.45) is 1.62. The minimum Gasteiger partial charge on any atom is -0.481 e. The topological polar surface area (TPSA) is 78.9 Å². The van der Waals surface area contributed by atoms with Gasteiger partial charge in [0.25, 0.3) is 0 Å². The highest BCUT2D eigenvalue weighted by Crippen LogP contribution is 2.31. The Morgan fingerprint density at radius 3 is 2.15 bits per heavy atom. The Morgan fingerprint density at radius 2 is 1.70 bits per heavy atom. The molecular formula is C14H26N2O4. The second-order valence-electron chi connectivity index (χ2n) is 6.44. The number of carboxylic acid groups (broad SMARTS) is 1. The smallest absolute Gasteiger partial charge is 0.317 e. The van der Waals surface area contributed by atoms with E-state index in [1.165, 1.54) is 0 Å². The predicted molar refractivity (Wildman–Crippen MR) is 75.6 cm³/mol. The van der Waals surface area contributed by atoms with Crippen molar-refractivity contribution in [2.45, 2.75) is 52.1 Å². The SMILES string of the molecule is CN(C(=O)NC(C)(C)C(C)(C)C(=O)O)C1CCOCC1. The molecule has 1 rings (SSSR count). The molecule has 6 nitrogen and oxygen atoms in total. The fourth-order valence-electron chi connectivity index (χ4n) is 2.02. The molecule has 0 radical (unpaired) electrons. The first-order valence-electron chi connectivity index (χ1n) is 6.95. The first-order chi connectivity index (χ1) is 9.09. The quantitative estimate of drug-likeness (QED) is 0.824. The number of urea groups is 1. The van der Waals surface area contributed by atoms with Crippen LogP contribution in [0.25, 0.3) is 0 Å². The molecule has 0 saturated carbocycles. The molecule has 1 heterocycles. The molecule has 0 spiro atoms. The van der Waals surface area contributed by atoms with Gasteiger partial charge in [-0.05, 0) is 40.5 Å². The summed E-state index contributed by atoms with van der Waals surface area (Å²) in [5, 5.41) is 12.1. The summed E-state index contributed by atoms with van der Waals surface area (Å²) in [4.78, 5) is 25.3. The molecule has 0 unspecified atom stereocenters. The molecule has 0 atom stereocenters. The number of carbonyl (C=O) groups excluding carboxylic acids is 1. The Hall–Kier alpha value is -1.30. The molecule has 0 bridgehead atoms. The zero-order chi connectivity index (χ0) is 15.6. The second kappa shape index (κ2) is 5.99. The van der Waals surface area contributed by atoms with E-state index in [1.807, 2.05) is 0 Å². The van der Waals surface area contributed by atoms with E-state index >= 15 is 0 Å². The number of rotatable bonds is 4. The van der Waals surface area contributed by atoms with Crippen LogP contribution in [0.3, 0.4) is 0 Å². The molecule has 1 fully saturated rings. The molecule has 116 valence electrons. The molecule has 1 aliphatic heterocycles. The Bertz CT molecular complexity index is 373. The van der Waals surface area contributed by atoms with E-state index in [2.05, 4.69) is 5.32 Å². The summed E-state index contributed by atoms with van der Waals surface area (Å²) < 4.78 is 5.28. The van der Waals surface area contributed by atoms with Crippen molar-refractivity contribution >= 4 is 12.0 Å². The third kappa shape index (κ3) is 3.42. The van der Waals surface area contributed by atoms with Crippen molar-refractivity contribution in [3.05, 3.63) is 0 Å². The third-order valence-corrected chi connectivity index (χ3v) is 4.58. The molecule has 6 heteroatoms. The van der Waals surface area contributed by atoms with Gasteiger partial charge in [-0.1, -0.05) is 0 Å². The first kappa shape index (κ1) is 16.8. The predicted octanol–water partition coefficient (Wildman–Crippen LogP) is 1.70. The molecule has 0 aromatic heterocycles. The molecule has 0 aromatic rings. The van der Waals surface area contributed by atoms with Crippen molar-refractivity contribution in [2.24, 2.45) is 5.41 Å². The Morgan fingerprint density at radius 1 is 1.20 bits per heavy atom. The van der Waals surface area contributed by atoms with E-state index in [4.69, 9.17) is 4.74 Å². The zero-order valence-corrected chi connectivity index (χ0v) is 13.0. The Kier molecular flexibility index (Phi) is 5.02. The lowest BCUT2D eigenvalue weighted by Gasteiger charge is -2.41. The molecule has 0 aliphatic carbocycles. The van der Waals surface area contributed by atoms with E-state index in [0.717, 1.165) is 12.8 Å². The van der Waals surface area contributed by atoms with E-state index in [9.17, 15) is 14.7 Å². The van der Waals surface area contributed by atoms with Gasteiger partial charge in [0.1, 0.15) is 0 Å². The third-order valence-electron chi connectivity index (χ3n) is 4.58. The molecule has 20 heavy (non-hydrogen) atoms. The van der Waals surface area contributed by atoms with Crippen LogP contribution in [0.5, 0.6) is 0 Å². The van der Waals surface area contributed by atoms with Crippen LogP contribution in [0.2, 0.25) is 0 Å². The fourth-order valence-corrected chi connectivity index (χ4v) is 2.02. The molecule has 0 aromatic carbocycles. The van der Waals surface area contributed by atoms with Crippen LogP contribution in [0.4, 0.5) is 4.79 Å². The monoisotopic (exact) mass is 286 g/mol. The summed E-state index contributed by atoms with van der Waals surface area (Å²) in [6, 6.07) is -0.0938. The van der Waals surface area contributed by atoms with Crippen LogP contribution >= 0.6 is 0 Å². The number of hydrogen-bond acceptors (Lipinski definition) is 3. The maximum atomic E-state index is 12.3. The van der Waals surface area contributed by atoms with E-state index < -0.39 is 16.9 Å². The number of ether oxygens (including phenoxy) is 1. The molecule has 1 aliphatic rings. The van der Waals surface area contributed by atoms with Crippen molar-refractivity contribution in [3.63, 3.8) is 0 Å². The summed E-state index contributed by atoms with van der Waals surface area (Å²) in [5.74, 6) is -0.934. The van der Waals surface area contributed by atoms with Gasteiger partial charge in [-0.2, -0.15) is 0 Å². The lowest BCUT2D eigenvalue weighted by Crippen LogP contribution is -2.60. The van der Waals surface area contributed by atoms with Crippen molar-refractivity contribution in [1.29, 1.82) is 0 Å². The number of nitrogens with zero attached hydrogens (tertiary/aromatic N) is 1. The Labute approximate surface area is 120 Å². The lowest BCUT2D eigenvalue weighted by molar-refractivity contribution is -0.150. The number of amides is 2. The standard InChI is InChI=1S/C14H26N2O4/c1-13(2,11(17)18)14(3,4)15-12(19)16(5)10-6-8-20-9-7-10/h10H,6-9H2,1-5H3,(H,15,19)(H,17,18).